The molecule has 0 unspecified atom stereocenters. The van der Waals surface area contributed by atoms with Gasteiger partial charge in [-0.15, -0.1) is 0 Å². The van der Waals surface area contributed by atoms with Gasteiger partial charge in [-0.3, -0.25) is 4.79 Å². The van der Waals surface area contributed by atoms with Gasteiger partial charge in [0.25, 0.3) is 5.91 Å². The molecule has 0 fully saturated rings. The minimum absolute atomic E-state index is 0.0634. The van der Waals surface area contributed by atoms with E-state index in [1.807, 2.05) is 36.4 Å². The first-order valence-electron chi connectivity index (χ1n) is 13.9. The molecule has 0 spiro atoms. The van der Waals surface area contributed by atoms with Crippen LogP contribution in [-0.2, 0) is 16.1 Å². The number of pyridine rings is 1. The zero-order valence-electron chi connectivity index (χ0n) is 24.5. The van der Waals surface area contributed by atoms with Crippen molar-refractivity contribution >= 4 is 28.1 Å². The Hall–Kier alpha value is -5.04. The van der Waals surface area contributed by atoms with Gasteiger partial charge in [0, 0.05) is 28.4 Å². The minimum atomic E-state index is -0.497. The first-order valence-corrected chi connectivity index (χ1v) is 14.7. The van der Waals surface area contributed by atoms with Crippen LogP contribution in [0.3, 0.4) is 0 Å². The zero-order chi connectivity index (χ0) is 31.1. The molecule has 0 saturated carbocycles. The molecule has 0 saturated heterocycles. The first-order chi connectivity index (χ1) is 21.4. The molecule has 9 heteroatoms. The molecule has 44 heavy (non-hydrogen) atoms. The molecule has 0 bridgehead atoms. The molecule has 0 atom stereocenters. The van der Waals surface area contributed by atoms with Crippen molar-refractivity contribution in [2.75, 3.05) is 13.7 Å². The highest BCUT2D eigenvalue weighted by molar-refractivity contribution is 9.10. The lowest BCUT2D eigenvalue weighted by Gasteiger charge is -2.15. The lowest BCUT2D eigenvalue weighted by atomic mass is 10.1. The predicted molar refractivity (Wildman–Crippen MR) is 175 cm³/mol. The number of hydrogen-bond acceptors (Lipinski definition) is 6. The molecule has 3 aromatic carbocycles. The number of aryl methyl sites for hydroxylation is 2. The summed E-state index contributed by atoms with van der Waals surface area (Å²) in [4.78, 5) is 17.1. The van der Waals surface area contributed by atoms with Crippen LogP contribution in [0.1, 0.15) is 27.9 Å². The molecule has 0 aliphatic rings. The van der Waals surface area contributed by atoms with Gasteiger partial charge in [-0.2, -0.15) is 10.4 Å². The van der Waals surface area contributed by atoms with Crippen LogP contribution in [0, 0.1) is 25.2 Å². The Labute approximate surface area is 264 Å². The summed E-state index contributed by atoms with van der Waals surface area (Å²) in [6, 6.07) is 32.8. The Kier molecular flexibility index (Phi) is 9.65. The van der Waals surface area contributed by atoms with Crippen molar-refractivity contribution in [1.29, 1.82) is 5.26 Å². The summed E-state index contributed by atoms with van der Waals surface area (Å²) in [6.45, 7) is 3.65. The second kappa shape index (κ2) is 14.0. The standard InChI is InChI=1S/C35H30BrN5O3/c1-23-14-16-28(17-15-23)41-31(25-10-6-4-7-11-25)18-27(34(41)26-12-8-5-9-13-26)20-38-40-32(42)22-44-35-29(19-37)30(21-43-3)33(36)24(2)39-35/h4-18,20H,21-22H2,1-3H3,(H,40,42). The van der Waals surface area contributed by atoms with Crippen molar-refractivity contribution in [3.8, 4) is 40.2 Å². The van der Waals surface area contributed by atoms with Crippen molar-refractivity contribution in [2.24, 2.45) is 5.10 Å². The van der Waals surface area contributed by atoms with Crippen molar-refractivity contribution in [2.45, 2.75) is 20.5 Å². The van der Waals surface area contributed by atoms with Gasteiger partial charge in [-0.25, -0.2) is 10.4 Å². The summed E-state index contributed by atoms with van der Waals surface area (Å²) in [5, 5.41) is 14.0. The summed E-state index contributed by atoms with van der Waals surface area (Å²) < 4.78 is 13.8. The summed E-state index contributed by atoms with van der Waals surface area (Å²) in [7, 11) is 1.54. The van der Waals surface area contributed by atoms with Gasteiger partial charge in [-0.1, -0.05) is 78.4 Å². The van der Waals surface area contributed by atoms with Crippen LogP contribution in [0.15, 0.2) is 101 Å². The molecule has 1 N–H and O–H groups in total. The molecule has 0 radical (unpaired) electrons. The predicted octanol–water partition coefficient (Wildman–Crippen LogP) is 7.13. The Morgan fingerprint density at radius 1 is 1.02 bits per heavy atom. The highest BCUT2D eigenvalue weighted by Gasteiger charge is 2.20. The Morgan fingerprint density at radius 3 is 2.32 bits per heavy atom. The third kappa shape index (κ3) is 6.62. The summed E-state index contributed by atoms with van der Waals surface area (Å²) >= 11 is 3.46. The number of nitrogens with one attached hydrogen (secondary N) is 1. The van der Waals surface area contributed by atoms with Crippen LogP contribution < -0.4 is 10.2 Å². The third-order valence-electron chi connectivity index (χ3n) is 6.94. The van der Waals surface area contributed by atoms with Crippen LogP contribution in [0.25, 0.3) is 28.2 Å². The SMILES string of the molecule is COCc1c(Br)c(C)nc(OCC(=O)NN=Cc2cc(-c3ccccc3)n(-c3ccc(C)cc3)c2-c2ccccc2)c1C#N. The van der Waals surface area contributed by atoms with Gasteiger partial charge in [0.2, 0.25) is 5.88 Å². The third-order valence-corrected chi connectivity index (χ3v) is 7.99. The van der Waals surface area contributed by atoms with Gasteiger partial charge in [0.1, 0.15) is 11.6 Å². The van der Waals surface area contributed by atoms with Crippen LogP contribution in [0.4, 0.5) is 0 Å². The molecule has 220 valence electrons. The highest BCUT2D eigenvalue weighted by atomic mass is 79.9. The number of methoxy groups -OCH3 is 1. The van der Waals surface area contributed by atoms with Crippen LogP contribution in [0.2, 0.25) is 0 Å². The number of amides is 1. The average Bonchev–Trinajstić information content (AvgIpc) is 3.43. The number of carbonyl (C=O) groups excluding carboxylic acids is 1. The Bertz CT molecular complexity index is 1840. The number of ether oxygens (including phenoxy) is 2. The van der Waals surface area contributed by atoms with Crippen molar-refractivity contribution in [3.05, 3.63) is 123 Å². The summed E-state index contributed by atoms with van der Waals surface area (Å²) in [6.07, 6.45) is 1.64. The molecule has 2 aromatic heterocycles. The van der Waals surface area contributed by atoms with Gasteiger partial charge >= 0.3 is 0 Å². The van der Waals surface area contributed by atoms with E-state index in [-0.39, 0.29) is 24.7 Å². The number of aromatic nitrogens is 2. The fourth-order valence-electron chi connectivity index (χ4n) is 4.86. The van der Waals surface area contributed by atoms with Gasteiger partial charge in [0.05, 0.1) is 29.9 Å². The molecular formula is C35H30BrN5O3. The van der Waals surface area contributed by atoms with Gasteiger partial charge in [0.15, 0.2) is 6.61 Å². The number of hydrazone groups is 1. The molecule has 8 nitrogen and oxygen atoms in total. The Balaban J connectivity index is 1.46. The van der Waals surface area contributed by atoms with E-state index in [2.05, 4.69) is 104 Å². The van der Waals surface area contributed by atoms with E-state index in [4.69, 9.17) is 9.47 Å². The molecule has 1 amide bonds. The summed E-state index contributed by atoms with van der Waals surface area (Å²) in [5.74, 6) is -0.434. The molecular weight excluding hydrogens is 618 g/mol. The van der Waals surface area contributed by atoms with Gasteiger partial charge in [-0.05, 0) is 59.1 Å². The first kappa shape index (κ1) is 30.4. The monoisotopic (exact) mass is 647 g/mol. The van der Waals surface area contributed by atoms with E-state index >= 15 is 0 Å². The molecule has 2 heterocycles. The largest absolute Gasteiger partial charge is 0.467 e. The van der Waals surface area contributed by atoms with Crippen LogP contribution >= 0.6 is 15.9 Å². The van der Waals surface area contributed by atoms with Crippen LogP contribution in [-0.4, -0.2) is 35.4 Å². The maximum Gasteiger partial charge on any atom is 0.278 e. The van der Waals surface area contributed by atoms with E-state index in [1.165, 1.54) is 12.7 Å². The summed E-state index contributed by atoms with van der Waals surface area (Å²) in [5.41, 5.74) is 10.9. The van der Waals surface area contributed by atoms with Crippen molar-refractivity contribution in [1.82, 2.24) is 15.0 Å². The number of benzene rings is 3. The molecule has 0 aliphatic carbocycles. The normalized spacial score (nSPS) is 11.0. The van der Waals surface area contributed by atoms with Crippen molar-refractivity contribution in [3.63, 3.8) is 0 Å². The smallest absolute Gasteiger partial charge is 0.278 e. The minimum Gasteiger partial charge on any atom is -0.467 e. The number of carbonyl (C=O) groups is 1. The topological polar surface area (TPSA) is 102 Å². The van der Waals surface area contributed by atoms with E-state index in [9.17, 15) is 10.1 Å². The number of nitrogens with zero attached hydrogens (tertiary/aromatic N) is 4. The second-order valence-corrected chi connectivity index (χ2v) is 10.8. The molecule has 5 aromatic rings. The number of nitriles is 1. The Morgan fingerprint density at radius 2 is 1.68 bits per heavy atom. The van der Waals surface area contributed by atoms with E-state index in [1.54, 1.807) is 13.1 Å². The maximum atomic E-state index is 12.8. The zero-order valence-corrected chi connectivity index (χ0v) is 26.1. The number of rotatable bonds is 10. The van der Waals surface area contributed by atoms with E-state index in [0.29, 0.717) is 15.7 Å². The van der Waals surface area contributed by atoms with Crippen LogP contribution in [0.5, 0.6) is 5.88 Å². The quantitative estimate of drug-likeness (QED) is 0.128. The van der Waals surface area contributed by atoms with Gasteiger partial charge < -0.3 is 14.0 Å². The number of hydrogen-bond donors (Lipinski definition) is 1. The average molecular weight is 649 g/mol. The van der Waals surface area contributed by atoms with E-state index < -0.39 is 5.91 Å². The van der Waals surface area contributed by atoms with E-state index in [0.717, 1.165) is 33.8 Å². The molecule has 5 rings (SSSR count). The fourth-order valence-corrected chi connectivity index (χ4v) is 5.26. The fraction of sp³-hybridized carbons (Fsp3) is 0.143. The highest BCUT2D eigenvalue weighted by Crippen LogP contribution is 2.35. The number of halogens is 1. The maximum absolute atomic E-state index is 12.8. The lowest BCUT2D eigenvalue weighted by Crippen LogP contribution is -2.25. The second-order valence-electron chi connectivity index (χ2n) is 10.0. The van der Waals surface area contributed by atoms with Crippen molar-refractivity contribution < 1.29 is 14.3 Å². The lowest BCUT2D eigenvalue weighted by molar-refractivity contribution is -0.123. The molecule has 0 aliphatic heterocycles.